The maximum atomic E-state index is 14.1. The van der Waals surface area contributed by atoms with Gasteiger partial charge in [-0.2, -0.15) is 0 Å². The van der Waals surface area contributed by atoms with Gasteiger partial charge in [-0.3, -0.25) is 4.79 Å². The molecule has 0 aromatic heterocycles. The van der Waals surface area contributed by atoms with Gasteiger partial charge in [0, 0.05) is 5.33 Å². The molecule has 40 heavy (non-hydrogen) atoms. The van der Waals surface area contributed by atoms with Crippen LogP contribution in [0.2, 0.25) is 0 Å². The van der Waals surface area contributed by atoms with Crippen LogP contribution in [0, 0.1) is 50.2 Å². The second-order valence-electron chi connectivity index (χ2n) is 17.0. The predicted molar refractivity (Wildman–Crippen MR) is 168 cm³/mol. The highest BCUT2D eigenvalue weighted by atomic mass is 79.9. The zero-order valence-corrected chi connectivity index (χ0v) is 28.4. The average molecular weight is 620 g/mol. The van der Waals surface area contributed by atoms with E-state index < -0.39 is 0 Å². The van der Waals surface area contributed by atoms with Crippen LogP contribution in [0.5, 0.6) is 0 Å². The first-order valence-corrected chi connectivity index (χ1v) is 17.9. The fraction of sp³-hybridized carbons (Fsp3) is 0.917. The molecule has 5 rings (SSSR count). The van der Waals surface area contributed by atoms with Crippen LogP contribution in [0.15, 0.2) is 11.6 Å². The molecule has 0 radical (unpaired) electrons. The third kappa shape index (κ3) is 4.62. The molecule has 5 aliphatic rings. The van der Waals surface area contributed by atoms with E-state index in [1.807, 2.05) is 0 Å². The topological polar surface area (TPSA) is 46.5 Å². The lowest BCUT2D eigenvalue weighted by molar-refractivity contribution is -0.206. The van der Waals surface area contributed by atoms with Crippen LogP contribution >= 0.6 is 15.9 Å². The molecule has 0 amide bonds. The summed E-state index contributed by atoms with van der Waals surface area (Å²) in [4.78, 5) is 14.1. The minimum atomic E-state index is -0.335. The number of halogens is 1. The second kappa shape index (κ2) is 10.7. The normalized spacial score (nSPS) is 45.3. The molecule has 3 nitrogen and oxygen atoms in total. The standard InChI is InChI=1S/C36H59BrO3/c1-31(2)18-20-36(30(39)40-23-11-9-8-10-22-37)21-19-34(6)25(26(36)24-31)12-13-28-33(5)16-15-29(38)32(3,4)27(33)14-17-35(28,34)7/h12,26-29,38H,8-11,13-24H2,1-7H3/t26-,27-,28+,29-,33-,34+,35+,36-/m0/s1. The molecule has 1 N–H and O–H groups in total. The number of aliphatic hydroxyl groups is 1. The van der Waals surface area contributed by atoms with E-state index in [0.29, 0.717) is 24.4 Å². The second-order valence-corrected chi connectivity index (χ2v) is 17.8. The van der Waals surface area contributed by atoms with Crippen molar-refractivity contribution in [3.8, 4) is 0 Å². The van der Waals surface area contributed by atoms with Crippen molar-refractivity contribution >= 4 is 21.9 Å². The highest BCUT2D eigenvalue weighted by Crippen LogP contribution is 2.75. The van der Waals surface area contributed by atoms with Crippen molar-refractivity contribution in [1.82, 2.24) is 0 Å². The van der Waals surface area contributed by atoms with Crippen molar-refractivity contribution in [3.63, 3.8) is 0 Å². The first-order valence-electron chi connectivity index (χ1n) is 16.8. The van der Waals surface area contributed by atoms with Crippen molar-refractivity contribution < 1.29 is 14.6 Å². The van der Waals surface area contributed by atoms with E-state index >= 15 is 0 Å². The van der Waals surface area contributed by atoms with Crippen LogP contribution in [-0.4, -0.2) is 29.1 Å². The first-order chi connectivity index (χ1) is 18.7. The molecule has 0 unspecified atom stereocenters. The largest absolute Gasteiger partial charge is 0.465 e. The van der Waals surface area contributed by atoms with Crippen LogP contribution < -0.4 is 0 Å². The number of carbonyl (C=O) groups is 1. The predicted octanol–water partition coefficient (Wildman–Crippen LogP) is 9.65. The van der Waals surface area contributed by atoms with Gasteiger partial charge < -0.3 is 9.84 Å². The Morgan fingerprint density at radius 3 is 2.33 bits per heavy atom. The van der Waals surface area contributed by atoms with E-state index in [2.05, 4.69) is 70.5 Å². The van der Waals surface area contributed by atoms with Crippen molar-refractivity contribution in [2.75, 3.05) is 11.9 Å². The molecular formula is C36H59BrO3. The molecule has 0 aromatic rings. The van der Waals surface area contributed by atoms with Crippen LogP contribution in [0.4, 0.5) is 0 Å². The van der Waals surface area contributed by atoms with Crippen LogP contribution in [0.25, 0.3) is 0 Å². The number of ether oxygens (including phenoxy) is 1. The van der Waals surface area contributed by atoms with Gasteiger partial charge >= 0.3 is 5.97 Å². The third-order valence-electron chi connectivity index (χ3n) is 14.3. The molecule has 0 saturated heterocycles. The van der Waals surface area contributed by atoms with E-state index in [-0.39, 0.29) is 44.6 Å². The van der Waals surface area contributed by atoms with E-state index in [1.54, 1.807) is 5.57 Å². The summed E-state index contributed by atoms with van der Waals surface area (Å²) < 4.78 is 6.15. The van der Waals surface area contributed by atoms with E-state index in [9.17, 15) is 9.90 Å². The van der Waals surface area contributed by atoms with E-state index in [0.717, 1.165) is 69.5 Å². The molecule has 0 aromatic carbocycles. The number of rotatable bonds is 7. The maximum Gasteiger partial charge on any atom is 0.312 e. The maximum absolute atomic E-state index is 14.1. The lowest BCUT2D eigenvalue weighted by atomic mass is 9.33. The number of aliphatic hydroxyl groups excluding tert-OH is 1. The number of carbonyl (C=O) groups excluding carboxylic acids is 1. The Kier molecular flexibility index (Phi) is 8.29. The summed E-state index contributed by atoms with van der Waals surface area (Å²) >= 11 is 3.52. The Morgan fingerprint density at radius 1 is 0.900 bits per heavy atom. The summed E-state index contributed by atoms with van der Waals surface area (Å²) in [5.41, 5.74) is 2.14. The molecule has 0 spiro atoms. The van der Waals surface area contributed by atoms with Gasteiger partial charge in [-0.1, -0.05) is 88.9 Å². The fourth-order valence-electron chi connectivity index (χ4n) is 11.5. The zero-order chi connectivity index (χ0) is 29.2. The number of hydrogen-bond donors (Lipinski definition) is 1. The molecule has 0 aliphatic heterocycles. The minimum absolute atomic E-state index is 0.0215. The molecular weight excluding hydrogens is 560 g/mol. The number of unbranched alkanes of at least 4 members (excludes halogenated alkanes) is 3. The van der Waals surface area contributed by atoms with Crippen molar-refractivity contribution in [1.29, 1.82) is 0 Å². The summed E-state index contributed by atoms with van der Waals surface area (Å²) in [5.74, 6) is 1.63. The van der Waals surface area contributed by atoms with Crippen LogP contribution in [0.3, 0.4) is 0 Å². The van der Waals surface area contributed by atoms with Gasteiger partial charge in [0.1, 0.15) is 0 Å². The van der Waals surface area contributed by atoms with Gasteiger partial charge in [0.25, 0.3) is 0 Å². The third-order valence-corrected chi connectivity index (χ3v) is 14.8. The van der Waals surface area contributed by atoms with Crippen molar-refractivity contribution in [2.24, 2.45) is 50.2 Å². The molecule has 0 bridgehead atoms. The molecule has 4 heteroatoms. The Labute approximate surface area is 254 Å². The number of esters is 1. The summed E-state index contributed by atoms with van der Waals surface area (Å²) in [7, 11) is 0. The zero-order valence-electron chi connectivity index (χ0n) is 26.8. The van der Waals surface area contributed by atoms with Gasteiger partial charge in [-0.15, -0.1) is 0 Å². The quantitative estimate of drug-likeness (QED) is 0.134. The monoisotopic (exact) mass is 618 g/mol. The Bertz CT molecular complexity index is 1000. The summed E-state index contributed by atoms with van der Waals surface area (Å²) in [6.45, 7) is 17.9. The van der Waals surface area contributed by atoms with Gasteiger partial charge in [0.2, 0.25) is 0 Å². The Balaban J connectivity index is 1.45. The lowest BCUT2D eigenvalue weighted by Gasteiger charge is -2.71. The van der Waals surface area contributed by atoms with Crippen molar-refractivity contribution in [2.45, 2.75) is 144 Å². The number of hydrogen-bond acceptors (Lipinski definition) is 3. The van der Waals surface area contributed by atoms with Crippen molar-refractivity contribution in [3.05, 3.63) is 11.6 Å². The SMILES string of the molecule is CC1(C)CC[C@]2(C(=O)OCCCCCCBr)CC[C@]3(C)C(=CC[C@@H]4[C@@]5(C)CC[C@H](O)C(C)(C)[C@@H]5CC[C@]43C)[C@@H]2C1. The number of allylic oxidation sites excluding steroid dienone is 2. The number of alkyl halides is 1. The molecule has 4 saturated carbocycles. The minimum Gasteiger partial charge on any atom is -0.465 e. The smallest absolute Gasteiger partial charge is 0.312 e. The first kappa shape index (κ1) is 31.1. The van der Waals surface area contributed by atoms with Crippen LogP contribution in [-0.2, 0) is 9.53 Å². The van der Waals surface area contributed by atoms with E-state index in [1.165, 1.54) is 25.7 Å². The molecule has 5 aliphatic carbocycles. The molecule has 4 fully saturated rings. The summed E-state index contributed by atoms with van der Waals surface area (Å²) in [5, 5.41) is 12.1. The Morgan fingerprint density at radius 2 is 1.60 bits per heavy atom. The molecule has 8 atom stereocenters. The average Bonchev–Trinajstić information content (AvgIpc) is 2.88. The number of fused-ring (bicyclic) bond motifs is 7. The molecule has 0 heterocycles. The summed E-state index contributed by atoms with van der Waals surface area (Å²) in [6, 6.07) is 0. The Hall–Kier alpha value is -0.350. The highest BCUT2D eigenvalue weighted by Gasteiger charge is 2.69. The lowest BCUT2D eigenvalue weighted by Crippen LogP contribution is -2.65. The fourth-order valence-corrected chi connectivity index (χ4v) is 11.9. The molecule has 228 valence electrons. The van der Waals surface area contributed by atoms with Gasteiger partial charge in [-0.05, 0) is 122 Å². The van der Waals surface area contributed by atoms with Gasteiger partial charge in [0.15, 0.2) is 0 Å². The van der Waals surface area contributed by atoms with Gasteiger partial charge in [0.05, 0.1) is 18.1 Å². The van der Waals surface area contributed by atoms with Crippen LogP contribution in [0.1, 0.15) is 138 Å². The highest BCUT2D eigenvalue weighted by molar-refractivity contribution is 9.09. The van der Waals surface area contributed by atoms with E-state index in [4.69, 9.17) is 4.74 Å². The summed E-state index contributed by atoms with van der Waals surface area (Å²) in [6.07, 6.45) is 17.9. The van der Waals surface area contributed by atoms with Gasteiger partial charge in [-0.25, -0.2) is 0 Å².